The molecule has 2 aromatic rings. The summed E-state index contributed by atoms with van der Waals surface area (Å²) < 4.78 is 6.81. The Bertz CT molecular complexity index is 719. The van der Waals surface area contributed by atoms with E-state index in [2.05, 4.69) is 20.4 Å². The van der Waals surface area contributed by atoms with Crippen molar-refractivity contribution in [3.8, 4) is 5.88 Å². The summed E-state index contributed by atoms with van der Waals surface area (Å²) in [4.78, 5) is 21.0. The molecule has 0 spiro atoms. The molecule has 1 N–H and O–H groups in total. The van der Waals surface area contributed by atoms with Gasteiger partial charge in [-0.25, -0.2) is 4.98 Å². The minimum atomic E-state index is -0.229. The van der Waals surface area contributed by atoms with E-state index in [1.807, 2.05) is 14.0 Å². The number of nitrogens with zero attached hydrogens (tertiary/aromatic N) is 4. The zero-order chi connectivity index (χ0) is 16.4. The normalized spacial score (nSPS) is 14.9. The van der Waals surface area contributed by atoms with Crippen molar-refractivity contribution in [2.75, 3.05) is 12.4 Å². The van der Waals surface area contributed by atoms with Gasteiger partial charge in [-0.1, -0.05) is 12.8 Å². The first-order chi connectivity index (χ1) is 11.1. The Labute approximate surface area is 135 Å². The zero-order valence-electron chi connectivity index (χ0n) is 13.7. The number of hydrogen-bond donors (Lipinski definition) is 1. The molecule has 1 aliphatic carbocycles. The second-order valence-corrected chi connectivity index (χ2v) is 5.91. The number of carbonyl (C=O) groups excluding carboxylic acids is 1. The number of ether oxygens (including phenoxy) is 1. The Morgan fingerprint density at radius 2 is 2.09 bits per heavy atom. The fourth-order valence-electron chi connectivity index (χ4n) is 3.05. The smallest absolute Gasteiger partial charge is 0.261 e. The van der Waals surface area contributed by atoms with Crippen LogP contribution in [0.25, 0.3) is 0 Å². The maximum absolute atomic E-state index is 12.6. The van der Waals surface area contributed by atoms with Crippen molar-refractivity contribution in [1.29, 1.82) is 0 Å². The quantitative estimate of drug-likeness (QED) is 0.937. The van der Waals surface area contributed by atoms with Crippen LogP contribution < -0.4 is 10.1 Å². The highest BCUT2D eigenvalue weighted by Crippen LogP contribution is 2.35. The molecule has 1 amide bonds. The van der Waals surface area contributed by atoms with E-state index in [9.17, 15) is 4.79 Å². The highest BCUT2D eigenvalue weighted by Gasteiger charge is 2.26. The maximum atomic E-state index is 12.6. The Kier molecular flexibility index (Phi) is 4.27. The lowest BCUT2D eigenvalue weighted by Gasteiger charge is -2.09. The molecule has 1 aliphatic rings. The Hall–Kier alpha value is -2.44. The number of aromatic nitrogens is 4. The molecule has 2 aromatic heterocycles. The first-order valence-corrected chi connectivity index (χ1v) is 7.81. The largest absolute Gasteiger partial charge is 0.481 e. The van der Waals surface area contributed by atoms with E-state index in [1.165, 1.54) is 20.0 Å². The summed E-state index contributed by atoms with van der Waals surface area (Å²) in [5.41, 5.74) is 2.21. The van der Waals surface area contributed by atoms with Crippen molar-refractivity contribution in [3.63, 3.8) is 0 Å². The van der Waals surface area contributed by atoms with Crippen LogP contribution in [-0.4, -0.2) is 32.8 Å². The van der Waals surface area contributed by atoms with Crippen LogP contribution in [0.5, 0.6) is 5.88 Å². The number of carbonyl (C=O) groups is 1. The van der Waals surface area contributed by atoms with Crippen molar-refractivity contribution in [3.05, 3.63) is 29.2 Å². The predicted molar refractivity (Wildman–Crippen MR) is 85.7 cm³/mol. The third-order valence-electron chi connectivity index (χ3n) is 4.11. The maximum Gasteiger partial charge on any atom is 0.261 e. The summed E-state index contributed by atoms with van der Waals surface area (Å²) in [5, 5.41) is 7.25. The van der Waals surface area contributed by atoms with Crippen LogP contribution in [0.1, 0.15) is 53.3 Å². The first kappa shape index (κ1) is 15.5. The molecule has 0 aliphatic heterocycles. The van der Waals surface area contributed by atoms with Gasteiger partial charge in [0, 0.05) is 30.9 Å². The molecule has 0 bridgehead atoms. The molecule has 0 atom stereocenters. The molecule has 3 rings (SSSR count). The topological polar surface area (TPSA) is 81.9 Å². The summed E-state index contributed by atoms with van der Waals surface area (Å²) in [6.45, 7) is 1.83. The van der Waals surface area contributed by atoms with Gasteiger partial charge in [0.05, 0.1) is 18.4 Å². The Morgan fingerprint density at radius 3 is 2.78 bits per heavy atom. The summed E-state index contributed by atoms with van der Waals surface area (Å²) in [7, 11) is 3.37. The van der Waals surface area contributed by atoms with Crippen LogP contribution in [-0.2, 0) is 7.05 Å². The molecule has 23 heavy (non-hydrogen) atoms. The second kappa shape index (κ2) is 6.36. The molecule has 1 saturated carbocycles. The number of aryl methyl sites for hydroxylation is 2. The Morgan fingerprint density at radius 1 is 1.35 bits per heavy atom. The third-order valence-corrected chi connectivity index (χ3v) is 4.11. The molecule has 0 unspecified atom stereocenters. The minimum Gasteiger partial charge on any atom is -0.481 e. The molecule has 2 heterocycles. The molecule has 7 nitrogen and oxygen atoms in total. The minimum absolute atomic E-state index is 0.229. The van der Waals surface area contributed by atoms with Gasteiger partial charge in [-0.2, -0.15) is 10.1 Å². The van der Waals surface area contributed by atoms with E-state index in [0.717, 1.165) is 24.2 Å². The van der Waals surface area contributed by atoms with Crippen molar-refractivity contribution >= 4 is 11.9 Å². The highest BCUT2D eigenvalue weighted by atomic mass is 16.5. The number of methoxy groups -OCH3 is 1. The van der Waals surface area contributed by atoms with E-state index in [0.29, 0.717) is 17.4 Å². The number of hydrogen-bond acceptors (Lipinski definition) is 5. The average Bonchev–Trinajstić information content (AvgIpc) is 3.15. The van der Waals surface area contributed by atoms with Crippen LogP contribution >= 0.6 is 0 Å². The van der Waals surface area contributed by atoms with Crippen LogP contribution in [0.15, 0.2) is 12.3 Å². The summed E-state index contributed by atoms with van der Waals surface area (Å²) in [6.07, 6.45) is 6.33. The molecular formula is C16H21N5O2. The van der Waals surface area contributed by atoms with Gasteiger partial charge in [0.15, 0.2) is 0 Å². The predicted octanol–water partition coefficient (Wildman–Crippen LogP) is 2.44. The number of anilines is 1. The van der Waals surface area contributed by atoms with Gasteiger partial charge in [-0.05, 0) is 19.8 Å². The molecule has 0 saturated heterocycles. The highest BCUT2D eigenvalue weighted by molar-refractivity contribution is 6.04. The van der Waals surface area contributed by atoms with Gasteiger partial charge >= 0.3 is 0 Å². The number of nitrogens with one attached hydrogen (secondary N) is 1. The lowest BCUT2D eigenvalue weighted by Crippen LogP contribution is -2.16. The summed E-state index contributed by atoms with van der Waals surface area (Å²) in [5.74, 6) is 0.806. The van der Waals surface area contributed by atoms with Crippen LogP contribution in [0.2, 0.25) is 0 Å². The summed E-state index contributed by atoms with van der Waals surface area (Å²) in [6, 6.07) is 1.71. The Balaban J connectivity index is 1.85. The fraction of sp³-hybridized carbons (Fsp3) is 0.500. The SMILES string of the molecule is COc1cc(C)nc(NC(=O)c2cn(C)nc2C2CCCC2)n1. The van der Waals surface area contributed by atoms with Crippen LogP contribution in [0, 0.1) is 6.92 Å². The van der Waals surface area contributed by atoms with Gasteiger partial charge in [0.2, 0.25) is 11.8 Å². The molecule has 1 fully saturated rings. The van der Waals surface area contributed by atoms with Crippen LogP contribution in [0.3, 0.4) is 0 Å². The van der Waals surface area contributed by atoms with Gasteiger partial charge in [-0.3, -0.25) is 14.8 Å². The molecular weight excluding hydrogens is 294 g/mol. The second-order valence-electron chi connectivity index (χ2n) is 5.91. The van der Waals surface area contributed by atoms with E-state index < -0.39 is 0 Å². The zero-order valence-corrected chi connectivity index (χ0v) is 13.7. The van der Waals surface area contributed by atoms with Crippen molar-refractivity contribution < 1.29 is 9.53 Å². The van der Waals surface area contributed by atoms with Gasteiger partial charge < -0.3 is 4.74 Å². The van der Waals surface area contributed by atoms with E-state index in [1.54, 1.807) is 16.9 Å². The fourth-order valence-corrected chi connectivity index (χ4v) is 3.05. The standard InChI is InChI=1S/C16H21N5O2/c1-10-8-13(23-3)18-16(17-10)19-15(22)12-9-21(2)20-14(12)11-6-4-5-7-11/h8-9,11H,4-7H2,1-3H3,(H,17,18,19,22). The average molecular weight is 315 g/mol. The van der Waals surface area contributed by atoms with Gasteiger partial charge in [0.25, 0.3) is 5.91 Å². The monoisotopic (exact) mass is 315 g/mol. The van der Waals surface area contributed by atoms with E-state index >= 15 is 0 Å². The first-order valence-electron chi connectivity index (χ1n) is 7.81. The lowest BCUT2D eigenvalue weighted by atomic mass is 10.0. The summed E-state index contributed by atoms with van der Waals surface area (Å²) >= 11 is 0. The van der Waals surface area contributed by atoms with Crippen LogP contribution in [0.4, 0.5) is 5.95 Å². The molecule has 122 valence electrons. The van der Waals surface area contributed by atoms with Gasteiger partial charge in [0.1, 0.15) is 0 Å². The molecule has 7 heteroatoms. The molecule has 0 aromatic carbocycles. The number of rotatable bonds is 4. The lowest BCUT2D eigenvalue weighted by molar-refractivity contribution is 0.102. The van der Waals surface area contributed by atoms with E-state index in [-0.39, 0.29) is 11.9 Å². The third kappa shape index (κ3) is 3.33. The number of amides is 1. The van der Waals surface area contributed by atoms with Crippen molar-refractivity contribution in [1.82, 2.24) is 19.7 Å². The van der Waals surface area contributed by atoms with E-state index in [4.69, 9.17) is 4.74 Å². The van der Waals surface area contributed by atoms with Gasteiger partial charge in [-0.15, -0.1) is 0 Å². The molecule has 0 radical (unpaired) electrons. The van der Waals surface area contributed by atoms with Crippen molar-refractivity contribution in [2.45, 2.75) is 38.5 Å². The van der Waals surface area contributed by atoms with Crippen molar-refractivity contribution in [2.24, 2.45) is 7.05 Å².